The minimum absolute atomic E-state index is 0.0622. The van der Waals surface area contributed by atoms with Gasteiger partial charge < -0.3 is 10.9 Å². The van der Waals surface area contributed by atoms with Crippen LogP contribution in [0, 0.1) is 5.92 Å². The maximum Gasteiger partial charge on any atom is 0.188 e. The molecule has 0 spiro atoms. The van der Waals surface area contributed by atoms with Gasteiger partial charge >= 0.3 is 0 Å². The van der Waals surface area contributed by atoms with E-state index in [2.05, 4.69) is 22.0 Å². The summed E-state index contributed by atoms with van der Waals surface area (Å²) in [5.41, 5.74) is 7.25. The molecule has 0 aromatic carbocycles. The Bertz CT molecular complexity index is 447. The summed E-state index contributed by atoms with van der Waals surface area (Å²) in [6, 6.07) is 3.88. The molecule has 1 atom stereocenters. The van der Waals surface area contributed by atoms with E-state index in [1.54, 1.807) is 6.20 Å². The van der Waals surface area contributed by atoms with Crippen molar-refractivity contribution in [1.29, 1.82) is 0 Å². The molecule has 104 valence electrons. The second kappa shape index (κ2) is 6.52. The fourth-order valence-electron chi connectivity index (χ4n) is 2.72. The SMILES string of the molecule is CCCC1CCN(Cc2ccnc(/C(N)=N/O)c2)C1. The van der Waals surface area contributed by atoms with Crippen molar-refractivity contribution in [3.05, 3.63) is 29.6 Å². The first-order valence-corrected chi connectivity index (χ1v) is 6.88. The highest BCUT2D eigenvalue weighted by atomic mass is 16.4. The molecule has 1 aromatic rings. The molecular formula is C14H22N4O. The van der Waals surface area contributed by atoms with Crippen molar-refractivity contribution in [2.45, 2.75) is 32.7 Å². The molecule has 0 bridgehead atoms. The Morgan fingerprint density at radius 2 is 2.47 bits per heavy atom. The molecule has 3 N–H and O–H groups in total. The van der Waals surface area contributed by atoms with Gasteiger partial charge in [-0.15, -0.1) is 0 Å². The van der Waals surface area contributed by atoms with Crippen molar-refractivity contribution >= 4 is 5.84 Å². The van der Waals surface area contributed by atoms with E-state index in [0.29, 0.717) is 5.69 Å². The van der Waals surface area contributed by atoms with Crippen LogP contribution in [0.25, 0.3) is 0 Å². The summed E-state index contributed by atoms with van der Waals surface area (Å²) in [6.07, 6.45) is 5.60. The molecular weight excluding hydrogens is 240 g/mol. The third-order valence-electron chi connectivity index (χ3n) is 3.67. The van der Waals surface area contributed by atoms with Gasteiger partial charge in [-0.2, -0.15) is 0 Å². The predicted molar refractivity (Wildman–Crippen MR) is 75.0 cm³/mol. The molecule has 1 saturated heterocycles. The van der Waals surface area contributed by atoms with Gasteiger partial charge in [0.25, 0.3) is 0 Å². The monoisotopic (exact) mass is 262 g/mol. The van der Waals surface area contributed by atoms with Crippen LogP contribution < -0.4 is 5.73 Å². The Labute approximate surface area is 114 Å². The summed E-state index contributed by atoms with van der Waals surface area (Å²) >= 11 is 0. The molecule has 1 aromatic heterocycles. The van der Waals surface area contributed by atoms with E-state index in [9.17, 15) is 0 Å². The Balaban J connectivity index is 1.96. The first kappa shape index (κ1) is 13.8. The lowest BCUT2D eigenvalue weighted by Crippen LogP contribution is -2.21. The zero-order valence-electron chi connectivity index (χ0n) is 11.4. The molecule has 5 nitrogen and oxygen atoms in total. The van der Waals surface area contributed by atoms with Gasteiger partial charge in [-0.25, -0.2) is 0 Å². The average molecular weight is 262 g/mol. The van der Waals surface area contributed by atoms with E-state index in [0.717, 1.165) is 24.6 Å². The molecule has 0 radical (unpaired) electrons. The normalized spacial score (nSPS) is 20.9. The molecule has 2 heterocycles. The lowest BCUT2D eigenvalue weighted by molar-refractivity contribution is 0.312. The highest BCUT2D eigenvalue weighted by Gasteiger charge is 2.21. The first-order valence-electron chi connectivity index (χ1n) is 6.88. The number of aromatic nitrogens is 1. The number of amidine groups is 1. The summed E-state index contributed by atoms with van der Waals surface area (Å²) < 4.78 is 0. The minimum atomic E-state index is 0.0622. The van der Waals surface area contributed by atoms with Crippen molar-refractivity contribution in [3.8, 4) is 0 Å². The summed E-state index contributed by atoms with van der Waals surface area (Å²) in [5, 5.41) is 11.7. The Hall–Kier alpha value is -1.62. The molecule has 1 aliphatic heterocycles. The Morgan fingerprint density at radius 1 is 1.63 bits per heavy atom. The van der Waals surface area contributed by atoms with Crippen LogP contribution in [0.5, 0.6) is 0 Å². The van der Waals surface area contributed by atoms with E-state index < -0.39 is 0 Å². The van der Waals surface area contributed by atoms with Gasteiger partial charge in [-0.1, -0.05) is 18.5 Å². The third kappa shape index (κ3) is 3.67. The van der Waals surface area contributed by atoms with Gasteiger partial charge in [-0.05, 0) is 43.0 Å². The number of oxime groups is 1. The Morgan fingerprint density at radius 3 is 3.21 bits per heavy atom. The van der Waals surface area contributed by atoms with Crippen LogP contribution in [0.1, 0.15) is 37.4 Å². The number of hydrogen-bond acceptors (Lipinski definition) is 4. The number of hydrogen-bond donors (Lipinski definition) is 2. The van der Waals surface area contributed by atoms with Crippen LogP contribution in [0.3, 0.4) is 0 Å². The lowest BCUT2D eigenvalue weighted by atomic mass is 10.0. The summed E-state index contributed by atoms with van der Waals surface area (Å²) in [7, 11) is 0. The molecule has 0 saturated carbocycles. The zero-order valence-corrected chi connectivity index (χ0v) is 11.4. The van der Waals surface area contributed by atoms with Gasteiger partial charge in [0.05, 0.1) is 0 Å². The van der Waals surface area contributed by atoms with Crippen LogP contribution >= 0.6 is 0 Å². The molecule has 1 fully saturated rings. The van der Waals surface area contributed by atoms with E-state index in [-0.39, 0.29) is 5.84 Å². The molecule has 1 unspecified atom stereocenters. The van der Waals surface area contributed by atoms with Crippen molar-refractivity contribution in [2.24, 2.45) is 16.8 Å². The van der Waals surface area contributed by atoms with Gasteiger partial charge in [-0.3, -0.25) is 9.88 Å². The summed E-state index contributed by atoms with van der Waals surface area (Å²) in [6.45, 7) is 5.49. The summed E-state index contributed by atoms with van der Waals surface area (Å²) in [4.78, 5) is 6.56. The average Bonchev–Trinajstić information content (AvgIpc) is 2.86. The van der Waals surface area contributed by atoms with E-state index in [4.69, 9.17) is 10.9 Å². The van der Waals surface area contributed by atoms with Gasteiger partial charge in [0, 0.05) is 19.3 Å². The van der Waals surface area contributed by atoms with Crippen LogP contribution in [0.15, 0.2) is 23.5 Å². The number of nitrogens with two attached hydrogens (primary N) is 1. The van der Waals surface area contributed by atoms with Crippen molar-refractivity contribution in [1.82, 2.24) is 9.88 Å². The fraction of sp³-hybridized carbons (Fsp3) is 0.571. The number of nitrogens with zero attached hydrogens (tertiary/aromatic N) is 3. The van der Waals surface area contributed by atoms with Crippen LogP contribution in [-0.2, 0) is 6.54 Å². The highest BCUT2D eigenvalue weighted by Crippen LogP contribution is 2.22. The van der Waals surface area contributed by atoms with Gasteiger partial charge in [0.15, 0.2) is 5.84 Å². The van der Waals surface area contributed by atoms with Crippen LogP contribution in [0.2, 0.25) is 0 Å². The van der Waals surface area contributed by atoms with E-state index in [1.807, 2.05) is 12.1 Å². The molecule has 19 heavy (non-hydrogen) atoms. The van der Waals surface area contributed by atoms with E-state index in [1.165, 1.54) is 25.8 Å². The van der Waals surface area contributed by atoms with Crippen LogP contribution in [0.4, 0.5) is 0 Å². The molecule has 0 aliphatic carbocycles. The molecule has 1 aliphatic rings. The van der Waals surface area contributed by atoms with Crippen molar-refractivity contribution in [2.75, 3.05) is 13.1 Å². The number of pyridine rings is 1. The second-order valence-electron chi connectivity index (χ2n) is 5.21. The highest BCUT2D eigenvalue weighted by molar-refractivity contribution is 5.95. The first-order chi connectivity index (χ1) is 9.22. The summed E-state index contributed by atoms with van der Waals surface area (Å²) in [5.74, 6) is 0.905. The number of likely N-dealkylation sites (tertiary alicyclic amines) is 1. The molecule has 2 rings (SSSR count). The van der Waals surface area contributed by atoms with Gasteiger partial charge in [0.1, 0.15) is 5.69 Å². The van der Waals surface area contributed by atoms with Gasteiger partial charge in [0.2, 0.25) is 0 Å². The minimum Gasteiger partial charge on any atom is -0.409 e. The third-order valence-corrected chi connectivity index (χ3v) is 3.67. The maximum absolute atomic E-state index is 8.67. The standard InChI is InChI=1S/C14H22N4O/c1-2-3-11-5-7-18(9-11)10-12-4-6-16-13(8-12)14(15)17-19/h4,6,8,11,19H,2-3,5,7,9-10H2,1H3,(H2,15,17). The second-order valence-corrected chi connectivity index (χ2v) is 5.21. The van der Waals surface area contributed by atoms with Crippen LogP contribution in [-0.4, -0.2) is 34.0 Å². The fourth-order valence-corrected chi connectivity index (χ4v) is 2.72. The number of rotatable bonds is 5. The van der Waals surface area contributed by atoms with Crippen molar-refractivity contribution < 1.29 is 5.21 Å². The zero-order chi connectivity index (χ0) is 13.7. The van der Waals surface area contributed by atoms with E-state index >= 15 is 0 Å². The molecule has 0 amide bonds. The smallest absolute Gasteiger partial charge is 0.188 e. The Kier molecular flexibility index (Phi) is 4.74. The maximum atomic E-state index is 8.67. The largest absolute Gasteiger partial charge is 0.409 e. The molecule has 5 heteroatoms. The topological polar surface area (TPSA) is 74.7 Å². The predicted octanol–water partition coefficient (Wildman–Crippen LogP) is 1.80. The quantitative estimate of drug-likeness (QED) is 0.367. The van der Waals surface area contributed by atoms with Crippen molar-refractivity contribution in [3.63, 3.8) is 0 Å². The lowest BCUT2D eigenvalue weighted by Gasteiger charge is -2.16.